The molecule has 0 bridgehead atoms. The molecule has 1 N–H and O–H groups in total. The number of fused-ring (bicyclic) bond motifs is 5. The summed E-state index contributed by atoms with van der Waals surface area (Å²) in [5.74, 6) is 6.89. The van der Waals surface area contributed by atoms with Crippen molar-refractivity contribution in [1.82, 2.24) is 0 Å². The molecule has 38 heavy (non-hydrogen) atoms. The van der Waals surface area contributed by atoms with E-state index < -0.39 is 5.97 Å². The van der Waals surface area contributed by atoms with Crippen molar-refractivity contribution in [2.75, 3.05) is 7.11 Å². The normalized spacial score (nSPS) is 36.8. The van der Waals surface area contributed by atoms with E-state index in [1.165, 1.54) is 51.3 Å². The molecular formula is C35H56O3. The highest BCUT2D eigenvalue weighted by Crippen LogP contribution is 2.68. The Bertz CT molecular complexity index is 906. The molecule has 1 aromatic rings. The minimum absolute atomic E-state index is 0.269. The van der Waals surface area contributed by atoms with Gasteiger partial charge in [0.05, 0.1) is 12.7 Å². The van der Waals surface area contributed by atoms with Gasteiger partial charge in [0.15, 0.2) is 0 Å². The van der Waals surface area contributed by atoms with Crippen LogP contribution in [0.2, 0.25) is 0 Å². The van der Waals surface area contributed by atoms with E-state index >= 15 is 0 Å². The zero-order valence-electron chi connectivity index (χ0n) is 25.3. The van der Waals surface area contributed by atoms with Crippen molar-refractivity contribution >= 4 is 5.97 Å². The van der Waals surface area contributed by atoms with E-state index in [9.17, 15) is 4.79 Å². The summed E-state index contributed by atoms with van der Waals surface area (Å²) in [5, 5.41) is 8.51. The number of aromatic carboxylic acids is 1. The van der Waals surface area contributed by atoms with Crippen molar-refractivity contribution in [3.63, 3.8) is 0 Å². The molecule has 0 aliphatic heterocycles. The largest absolute Gasteiger partial charge is 0.497 e. The maximum absolute atomic E-state index is 10.4. The Morgan fingerprint density at radius 1 is 0.895 bits per heavy atom. The molecule has 5 rings (SSSR count). The van der Waals surface area contributed by atoms with Crippen LogP contribution in [0.3, 0.4) is 0 Å². The lowest BCUT2D eigenvalue weighted by Gasteiger charge is -2.61. The van der Waals surface area contributed by atoms with Gasteiger partial charge < -0.3 is 9.84 Å². The Balaban J connectivity index is 0.000000257. The van der Waals surface area contributed by atoms with Crippen molar-refractivity contribution in [3.05, 3.63) is 29.8 Å². The summed E-state index contributed by atoms with van der Waals surface area (Å²) in [6, 6.07) is 6.23. The van der Waals surface area contributed by atoms with Crippen LogP contribution in [0.5, 0.6) is 5.75 Å². The van der Waals surface area contributed by atoms with Crippen LogP contribution in [0.1, 0.15) is 128 Å². The molecule has 4 fully saturated rings. The maximum Gasteiger partial charge on any atom is 0.335 e. The van der Waals surface area contributed by atoms with E-state index in [-0.39, 0.29) is 5.56 Å². The van der Waals surface area contributed by atoms with Gasteiger partial charge in [-0.3, -0.25) is 0 Å². The molecule has 0 spiro atoms. The Morgan fingerprint density at radius 3 is 2.26 bits per heavy atom. The van der Waals surface area contributed by atoms with Crippen LogP contribution in [0.25, 0.3) is 0 Å². The first kappa shape index (κ1) is 29.5. The molecule has 0 saturated heterocycles. The van der Waals surface area contributed by atoms with Gasteiger partial charge in [0, 0.05) is 0 Å². The van der Waals surface area contributed by atoms with Crippen LogP contribution in [-0.4, -0.2) is 18.2 Å². The second kappa shape index (κ2) is 12.3. The standard InChI is InChI=1S/C27H48.C8H8O3/c1-19(2)9-8-10-20(3)23-14-15-24-22-13-12-21-11-6-7-17-26(21,4)25(22)16-18-27(23,24)5;1-11-7-4-2-6(3-5-7)8(9)10/h19-25H,6-18H2,1-5H3;2-5H,1H3,(H,9,10)/t20?,21?,22-,23+,24-,25-,26-,27+;/m0./s1. The number of benzene rings is 1. The molecule has 2 unspecified atom stereocenters. The molecule has 0 radical (unpaired) electrons. The molecule has 0 aromatic heterocycles. The van der Waals surface area contributed by atoms with Crippen molar-refractivity contribution in [2.45, 2.75) is 118 Å². The van der Waals surface area contributed by atoms with Crippen molar-refractivity contribution < 1.29 is 14.6 Å². The van der Waals surface area contributed by atoms with Crippen LogP contribution < -0.4 is 4.74 Å². The number of hydrogen-bond acceptors (Lipinski definition) is 2. The lowest BCUT2D eigenvalue weighted by atomic mass is 9.44. The predicted octanol–water partition coefficient (Wildman–Crippen LogP) is 9.89. The Kier molecular flexibility index (Phi) is 9.57. The van der Waals surface area contributed by atoms with Gasteiger partial charge in [-0.05, 0) is 128 Å². The Morgan fingerprint density at radius 2 is 1.61 bits per heavy atom. The zero-order chi connectivity index (χ0) is 27.5. The second-order valence-corrected chi connectivity index (χ2v) is 14.5. The third kappa shape index (κ3) is 5.97. The molecule has 0 heterocycles. The van der Waals surface area contributed by atoms with Gasteiger partial charge in [0.1, 0.15) is 5.75 Å². The van der Waals surface area contributed by atoms with Crippen molar-refractivity contribution in [2.24, 2.45) is 52.3 Å². The van der Waals surface area contributed by atoms with Gasteiger partial charge in [-0.1, -0.05) is 66.7 Å². The molecular weight excluding hydrogens is 468 g/mol. The summed E-state index contributed by atoms with van der Waals surface area (Å²) in [6.45, 7) is 12.9. The van der Waals surface area contributed by atoms with Crippen molar-refractivity contribution in [3.8, 4) is 5.75 Å². The van der Waals surface area contributed by atoms with Gasteiger partial charge in [-0.2, -0.15) is 0 Å². The fourth-order valence-electron chi connectivity index (χ4n) is 10.1. The SMILES string of the molecule is CC(C)CCCC(C)[C@H]1CC[C@H]2[C@@H]3CCC4CCCC[C@]4(C)[C@H]3CC[C@]12C.COc1ccc(C(=O)O)cc1. The van der Waals surface area contributed by atoms with E-state index in [0.717, 1.165) is 41.4 Å². The highest BCUT2D eigenvalue weighted by Gasteiger charge is 2.60. The van der Waals surface area contributed by atoms with Crippen LogP contribution in [0, 0.1) is 52.3 Å². The Hall–Kier alpha value is -1.51. The van der Waals surface area contributed by atoms with Gasteiger partial charge in [0.25, 0.3) is 0 Å². The number of ether oxygens (including phenoxy) is 1. The second-order valence-electron chi connectivity index (χ2n) is 14.5. The van der Waals surface area contributed by atoms with Crippen LogP contribution >= 0.6 is 0 Å². The molecule has 0 amide bonds. The number of carboxylic acids is 1. The third-order valence-electron chi connectivity index (χ3n) is 12.1. The van der Waals surface area contributed by atoms with E-state index in [4.69, 9.17) is 9.84 Å². The van der Waals surface area contributed by atoms with E-state index in [1.807, 2.05) is 0 Å². The van der Waals surface area contributed by atoms with Gasteiger partial charge in [-0.15, -0.1) is 0 Å². The van der Waals surface area contributed by atoms with Crippen LogP contribution in [-0.2, 0) is 0 Å². The molecule has 3 nitrogen and oxygen atoms in total. The predicted molar refractivity (Wildman–Crippen MR) is 158 cm³/mol. The number of methoxy groups -OCH3 is 1. The van der Waals surface area contributed by atoms with E-state index in [0.29, 0.717) is 16.6 Å². The monoisotopic (exact) mass is 524 g/mol. The third-order valence-corrected chi connectivity index (χ3v) is 12.1. The molecule has 3 heteroatoms. The minimum atomic E-state index is -0.923. The summed E-state index contributed by atoms with van der Waals surface area (Å²) >= 11 is 0. The highest BCUT2D eigenvalue weighted by molar-refractivity contribution is 5.87. The smallest absolute Gasteiger partial charge is 0.335 e. The quantitative estimate of drug-likeness (QED) is 0.386. The molecule has 4 aliphatic carbocycles. The van der Waals surface area contributed by atoms with E-state index in [2.05, 4.69) is 34.6 Å². The van der Waals surface area contributed by atoms with Gasteiger partial charge in [0.2, 0.25) is 0 Å². The average Bonchev–Trinajstić information content (AvgIpc) is 3.26. The fourth-order valence-corrected chi connectivity index (χ4v) is 10.1. The van der Waals surface area contributed by atoms with E-state index in [1.54, 1.807) is 63.5 Å². The van der Waals surface area contributed by atoms with Crippen LogP contribution in [0.15, 0.2) is 24.3 Å². The molecule has 8 atom stereocenters. The fraction of sp³-hybridized carbons (Fsp3) is 0.800. The summed E-state index contributed by atoms with van der Waals surface area (Å²) in [5.41, 5.74) is 1.66. The first-order chi connectivity index (χ1) is 18.1. The zero-order valence-corrected chi connectivity index (χ0v) is 25.3. The lowest BCUT2D eigenvalue weighted by Crippen LogP contribution is -2.53. The summed E-state index contributed by atoms with van der Waals surface area (Å²) in [6.07, 6.45) is 19.9. The topological polar surface area (TPSA) is 46.5 Å². The minimum Gasteiger partial charge on any atom is -0.497 e. The number of carboxylic acid groups (broad SMARTS) is 1. The summed E-state index contributed by atoms with van der Waals surface area (Å²) < 4.78 is 4.86. The Labute approximate surface area is 233 Å². The number of carbonyl (C=O) groups is 1. The lowest BCUT2D eigenvalue weighted by molar-refractivity contribution is -0.114. The van der Waals surface area contributed by atoms with Gasteiger partial charge >= 0.3 is 5.97 Å². The highest BCUT2D eigenvalue weighted by atomic mass is 16.5. The van der Waals surface area contributed by atoms with Crippen molar-refractivity contribution in [1.29, 1.82) is 0 Å². The van der Waals surface area contributed by atoms with Gasteiger partial charge in [-0.25, -0.2) is 4.79 Å². The number of hydrogen-bond donors (Lipinski definition) is 1. The first-order valence-corrected chi connectivity index (χ1v) is 16.0. The number of rotatable bonds is 7. The summed E-state index contributed by atoms with van der Waals surface area (Å²) in [7, 11) is 1.54. The molecule has 1 aromatic carbocycles. The molecule has 214 valence electrons. The maximum atomic E-state index is 10.4. The molecule has 4 saturated carbocycles. The molecule has 4 aliphatic rings. The average molecular weight is 525 g/mol. The summed E-state index contributed by atoms with van der Waals surface area (Å²) in [4.78, 5) is 10.4. The van der Waals surface area contributed by atoms with Crippen LogP contribution in [0.4, 0.5) is 0 Å². The first-order valence-electron chi connectivity index (χ1n) is 16.0.